The summed E-state index contributed by atoms with van der Waals surface area (Å²) >= 11 is 1.59. The number of ether oxygens (including phenoxy) is 1. The van der Waals surface area contributed by atoms with E-state index in [2.05, 4.69) is 46.7 Å². The van der Waals surface area contributed by atoms with E-state index in [-0.39, 0.29) is 0 Å². The Labute approximate surface area is 174 Å². The van der Waals surface area contributed by atoms with Crippen LogP contribution < -0.4 is 10.2 Å². The summed E-state index contributed by atoms with van der Waals surface area (Å²) < 4.78 is 5.87. The lowest BCUT2D eigenvalue weighted by molar-refractivity contribution is 0.306. The minimum atomic E-state index is 0.542. The molecule has 4 aromatic rings. The number of rotatable bonds is 7. The number of hydrogen-bond donors (Lipinski definition) is 1. The Balaban J connectivity index is 1.38. The second-order valence-electron chi connectivity index (χ2n) is 6.51. The number of hydrazone groups is 1. The van der Waals surface area contributed by atoms with E-state index in [0.29, 0.717) is 6.61 Å². The average Bonchev–Trinajstić information content (AvgIpc) is 3.14. The summed E-state index contributed by atoms with van der Waals surface area (Å²) in [4.78, 5) is 5.82. The molecule has 4 nitrogen and oxygen atoms in total. The molecule has 1 N–H and O–H groups in total. The fraction of sp³-hybridized carbons (Fsp3) is 0.0833. The van der Waals surface area contributed by atoms with Gasteiger partial charge < -0.3 is 4.74 Å². The maximum absolute atomic E-state index is 5.87. The Morgan fingerprint density at radius 1 is 0.966 bits per heavy atom. The molecule has 4 rings (SSSR count). The Morgan fingerprint density at radius 2 is 1.72 bits per heavy atom. The minimum absolute atomic E-state index is 0.542. The standard InChI is InChI=1S/C24H21N3OS/c1-18-23(21-12-6-3-7-13-21)26-24(29-18)27-25-16-20-11-8-14-22(15-20)28-17-19-9-4-2-5-10-19/h2-16H,17H2,1H3,(H,26,27)/b25-16-. The molecule has 0 fully saturated rings. The quantitative estimate of drug-likeness (QED) is 0.300. The van der Waals surface area contributed by atoms with Crippen LogP contribution in [-0.4, -0.2) is 11.2 Å². The summed E-state index contributed by atoms with van der Waals surface area (Å²) in [7, 11) is 0. The molecule has 0 spiro atoms. The van der Waals surface area contributed by atoms with Gasteiger partial charge in [0.15, 0.2) is 0 Å². The largest absolute Gasteiger partial charge is 0.489 e. The van der Waals surface area contributed by atoms with Crippen molar-refractivity contribution in [1.29, 1.82) is 0 Å². The molecule has 0 aliphatic rings. The average molecular weight is 400 g/mol. The van der Waals surface area contributed by atoms with Crippen LogP contribution in [0.25, 0.3) is 11.3 Å². The first kappa shape index (κ1) is 18.9. The molecule has 0 atom stereocenters. The summed E-state index contributed by atoms with van der Waals surface area (Å²) in [5, 5.41) is 5.11. The molecule has 1 aromatic heterocycles. The Bertz CT molecular complexity index is 1090. The summed E-state index contributed by atoms with van der Waals surface area (Å²) in [5.41, 5.74) is 7.24. The van der Waals surface area contributed by atoms with Crippen molar-refractivity contribution in [2.45, 2.75) is 13.5 Å². The highest BCUT2D eigenvalue weighted by molar-refractivity contribution is 7.15. The van der Waals surface area contributed by atoms with E-state index in [1.807, 2.05) is 60.7 Å². The lowest BCUT2D eigenvalue weighted by Gasteiger charge is -2.06. The molecule has 144 valence electrons. The predicted molar refractivity (Wildman–Crippen MR) is 121 cm³/mol. The third-order valence-corrected chi connectivity index (χ3v) is 5.20. The normalized spacial score (nSPS) is 10.9. The second-order valence-corrected chi connectivity index (χ2v) is 7.71. The summed E-state index contributed by atoms with van der Waals surface area (Å²) in [5.74, 6) is 0.814. The Hall–Kier alpha value is -3.44. The summed E-state index contributed by atoms with van der Waals surface area (Å²) in [6.07, 6.45) is 1.77. The number of hydrogen-bond acceptors (Lipinski definition) is 5. The zero-order valence-electron chi connectivity index (χ0n) is 16.1. The van der Waals surface area contributed by atoms with Crippen LogP contribution in [0.2, 0.25) is 0 Å². The van der Waals surface area contributed by atoms with Crippen molar-refractivity contribution in [3.05, 3.63) is 101 Å². The van der Waals surface area contributed by atoms with Crippen molar-refractivity contribution < 1.29 is 4.74 Å². The monoisotopic (exact) mass is 399 g/mol. The van der Waals surface area contributed by atoms with Crippen LogP contribution in [0.15, 0.2) is 90.0 Å². The van der Waals surface area contributed by atoms with E-state index in [1.54, 1.807) is 17.6 Å². The lowest BCUT2D eigenvalue weighted by atomic mass is 10.1. The number of thiazole rings is 1. The van der Waals surface area contributed by atoms with E-state index in [4.69, 9.17) is 4.74 Å². The first-order chi connectivity index (χ1) is 14.3. The maximum atomic E-state index is 5.87. The van der Waals surface area contributed by atoms with Crippen molar-refractivity contribution in [2.75, 3.05) is 5.43 Å². The van der Waals surface area contributed by atoms with E-state index >= 15 is 0 Å². The molecular weight excluding hydrogens is 378 g/mol. The third kappa shape index (κ3) is 5.09. The topological polar surface area (TPSA) is 46.5 Å². The number of aryl methyl sites for hydroxylation is 1. The molecule has 29 heavy (non-hydrogen) atoms. The molecule has 5 heteroatoms. The number of nitrogens with one attached hydrogen (secondary N) is 1. The van der Waals surface area contributed by atoms with Crippen LogP contribution in [0.5, 0.6) is 5.75 Å². The van der Waals surface area contributed by atoms with Crippen LogP contribution in [0.3, 0.4) is 0 Å². The van der Waals surface area contributed by atoms with Crippen LogP contribution in [0, 0.1) is 6.92 Å². The highest BCUT2D eigenvalue weighted by Crippen LogP contribution is 2.30. The fourth-order valence-corrected chi connectivity index (χ4v) is 3.68. The van der Waals surface area contributed by atoms with E-state index in [1.165, 1.54) is 0 Å². The van der Waals surface area contributed by atoms with Gasteiger partial charge in [-0.1, -0.05) is 72.8 Å². The van der Waals surface area contributed by atoms with Gasteiger partial charge in [0.25, 0.3) is 0 Å². The minimum Gasteiger partial charge on any atom is -0.489 e. The van der Waals surface area contributed by atoms with Crippen molar-refractivity contribution in [3.63, 3.8) is 0 Å². The number of anilines is 1. The Kier molecular flexibility index (Phi) is 5.98. The zero-order chi connectivity index (χ0) is 19.9. The third-order valence-electron chi connectivity index (χ3n) is 4.32. The first-order valence-electron chi connectivity index (χ1n) is 9.37. The van der Waals surface area contributed by atoms with Crippen LogP contribution in [0.4, 0.5) is 5.13 Å². The highest BCUT2D eigenvalue weighted by Gasteiger charge is 2.08. The fourth-order valence-electron chi connectivity index (χ4n) is 2.90. The van der Waals surface area contributed by atoms with Gasteiger partial charge in [0.2, 0.25) is 5.13 Å². The molecule has 0 bridgehead atoms. The first-order valence-corrected chi connectivity index (χ1v) is 10.2. The molecule has 1 heterocycles. The molecule has 0 aliphatic carbocycles. The zero-order valence-corrected chi connectivity index (χ0v) is 16.9. The number of nitrogens with zero attached hydrogens (tertiary/aromatic N) is 2. The molecular formula is C24H21N3OS. The van der Waals surface area contributed by atoms with Gasteiger partial charge in [-0.15, -0.1) is 11.3 Å². The van der Waals surface area contributed by atoms with Crippen molar-refractivity contribution in [1.82, 2.24) is 4.98 Å². The van der Waals surface area contributed by atoms with Crippen LogP contribution in [0.1, 0.15) is 16.0 Å². The second kappa shape index (κ2) is 9.17. The lowest BCUT2D eigenvalue weighted by Crippen LogP contribution is -1.96. The smallest absolute Gasteiger partial charge is 0.204 e. The SMILES string of the molecule is Cc1sc(N/N=C\c2cccc(OCc3ccccc3)c2)nc1-c1ccccc1. The Morgan fingerprint density at radius 3 is 2.52 bits per heavy atom. The summed E-state index contributed by atoms with van der Waals surface area (Å²) in [6.45, 7) is 2.61. The highest BCUT2D eigenvalue weighted by atomic mass is 32.1. The van der Waals surface area contributed by atoms with Crippen LogP contribution >= 0.6 is 11.3 Å². The maximum Gasteiger partial charge on any atom is 0.204 e. The summed E-state index contributed by atoms with van der Waals surface area (Å²) in [6, 6.07) is 28.2. The van der Waals surface area contributed by atoms with Gasteiger partial charge in [-0.2, -0.15) is 5.10 Å². The van der Waals surface area contributed by atoms with Gasteiger partial charge >= 0.3 is 0 Å². The molecule has 0 aliphatic heterocycles. The molecule has 0 radical (unpaired) electrons. The molecule has 0 saturated heterocycles. The molecule has 0 saturated carbocycles. The molecule has 3 aromatic carbocycles. The van der Waals surface area contributed by atoms with Gasteiger partial charge in [0.05, 0.1) is 11.9 Å². The molecule has 0 amide bonds. The van der Waals surface area contributed by atoms with Crippen molar-refractivity contribution in [2.24, 2.45) is 5.10 Å². The van der Waals surface area contributed by atoms with Crippen molar-refractivity contribution in [3.8, 4) is 17.0 Å². The predicted octanol–water partition coefficient (Wildman–Crippen LogP) is 6.14. The van der Waals surface area contributed by atoms with Gasteiger partial charge in [-0.05, 0) is 30.2 Å². The van der Waals surface area contributed by atoms with Gasteiger partial charge in [0.1, 0.15) is 12.4 Å². The van der Waals surface area contributed by atoms with Gasteiger partial charge in [-0.3, -0.25) is 5.43 Å². The van der Waals surface area contributed by atoms with Gasteiger partial charge in [-0.25, -0.2) is 4.98 Å². The van der Waals surface area contributed by atoms with E-state index in [9.17, 15) is 0 Å². The molecule has 0 unspecified atom stereocenters. The van der Waals surface area contributed by atoms with Crippen molar-refractivity contribution >= 4 is 22.7 Å². The van der Waals surface area contributed by atoms with Crippen LogP contribution in [-0.2, 0) is 6.61 Å². The number of aromatic nitrogens is 1. The van der Waals surface area contributed by atoms with E-state index < -0.39 is 0 Å². The van der Waals surface area contributed by atoms with Gasteiger partial charge in [0, 0.05) is 10.4 Å². The number of benzene rings is 3. The van der Waals surface area contributed by atoms with E-state index in [0.717, 1.165) is 38.1 Å².